The van der Waals surface area contributed by atoms with Crippen molar-refractivity contribution in [1.82, 2.24) is 10.2 Å². The summed E-state index contributed by atoms with van der Waals surface area (Å²) in [5.41, 5.74) is 2.81. The zero-order chi connectivity index (χ0) is 17.3. The summed E-state index contributed by atoms with van der Waals surface area (Å²) in [6.07, 6.45) is 5.93. The lowest BCUT2D eigenvalue weighted by atomic mass is 10.0. The summed E-state index contributed by atoms with van der Waals surface area (Å²) >= 11 is 1.64. The van der Waals surface area contributed by atoms with Gasteiger partial charge in [0.25, 0.3) is 5.22 Å². The minimum absolute atomic E-state index is 0.113. The molecule has 1 saturated heterocycles. The van der Waals surface area contributed by atoms with Gasteiger partial charge in [0.2, 0.25) is 5.89 Å². The average Bonchev–Trinajstić information content (AvgIpc) is 3.10. The molecule has 1 aromatic heterocycles. The molecule has 0 spiro atoms. The van der Waals surface area contributed by atoms with Gasteiger partial charge in [0.15, 0.2) is 9.84 Å². The van der Waals surface area contributed by atoms with Gasteiger partial charge in [-0.3, -0.25) is 0 Å². The van der Waals surface area contributed by atoms with Crippen molar-refractivity contribution in [3.05, 3.63) is 41.3 Å². The first kappa shape index (κ1) is 17.1. The molecule has 0 saturated carbocycles. The van der Waals surface area contributed by atoms with Crippen LogP contribution in [0.1, 0.15) is 48.0 Å². The Balaban J connectivity index is 1.45. The van der Waals surface area contributed by atoms with E-state index in [0.29, 0.717) is 29.2 Å². The monoisotopic (exact) mass is 378 g/mol. The van der Waals surface area contributed by atoms with E-state index in [2.05, 4.69) is 34.5 Å². The number of thioether (sulfide) groups is 1. The highest BCUT2D eigenvalue weighted by Crippen LogP contribution is 2.42. The highest BCUT2D eigenvalue weighted by molar-refractivity contribution is 7.99. The molecule has 1 fully saturated rings. The number of hydrogen-bond acceptors (Lipinski definition) is 6. The molecule has 1 aliphatic carbocycles. The molecule has 7 heteroatoms. The molecule has 134 valence electrons. The van der Waals surface area contributed by atoms with Crippen LogP contribution in [0.5, 0.6) is 0 Å². The van der Waals surface area contributed by atoms with Crippen molar-refractivity contribution in [2.24, 2.45) is 5.92 Å². The average molecular weight is 379 g/mol. The van der Waals surface area contributed by atoms with Crippen LogP contribution >= 0.6 is 11.8 Å². The summed E-state index contributed by atoms with van der Waals surface area (Å²) < 4.78 is 29.0. The molecule has 2 atom stereocenters. The van der Waals surface area contributed by atoms with Crippen molar-refractivity contribution in [2.75, 3.05) is 11.5 Å². The predicted molar refractivity (Wildman–Crippen MR) is 97.4 cm³/mol. The first-order valence-corrected chi connectivity index (χ1v) is 11.6. The van der Waals surface area contributed by atoms with Crippen LogP contribution in [0.2, 0.25) is 0 Å². The van der Waals surface area contributed by atoms with E-state index in [0.717, 1.165) is 12.8 Å². The summed E-state index contributed by atoms with van der Waals surface area (Å²) in [7, 11) is -2.86. The molecule has 25 heavy (non-hydrogen) atoms. The van der Waals surface area contributed by atoms with Crippen molar-refractivity contribution in [3.63, 3.8) is 0 Å². The third-order valence-corrected chi connectivity index (χ3v) is 8.02. The van der Waals surface area contributed by atoms with Crippen molar-refractivity contribution in [3.8, 4) is 0 Å². The summed E-state index contributed by atoms with van der Waals surface area (Å²) in [6, 6.07) is 8.62. The van der Waals surface area contributed by atoms with Gasteiger partial charge >= 0.3 is 0 Å². The van der Waals surface area contributed by atoms with Gasteiger partial charge in [0.05, 0.1) is 11.5 Å². The third-order valence-electron chi connectivity index (χ3n) is 5.05. The van der Waals surface area contributed by atoms with E-state index < -0.39 is 9.84 Å². The molecule has 0 bridgehead atoms. The standard InChI is InChI=1S/C18H22N2O3S2/c21-25(22)10-9-13(12-25)11-17-19-20-18(23-17)24-16-8-4-2-6-14-5-1-3-7-15(14)16/h1,3,5,7,13,16H,2,4,6,8-12H2/t13-,16+/m1/s1. The SMILES string of the molecule is O=S1(=O)CC[C@H](Cc2nnc(S[C@H]3CCCCc4ccccc43)o2)C1. The van der Waals surface area contributed by atoms with E-state index >= 15 is 0 Å². The number of benzene rings is 1. The largest absolute Gasteiger partial charge is 0.416 e. The molecular formula is C18H22N2O3S2. The first-order valence-electron chi connectivity index (χ1n) is 8.86. The summed E-state index contributed by atoms with van der Waals surface area (Å²) in [6.45, 7) is 0. The van der Waals surface area contributed by atoms with Crippen molar-refractivity contribution in [2.45, 2.75) is 49.0 Å². The van der Waals surface area contributed by atoms with Crippen LogP contribution in [0.25, 0.3) is 0 Å². The molecule has 4 rings (SSSR count). The van der Waals surface area contributed by atoms with E-state index in [1.54, 1.807) is 11.8 Å². The highest BCUT2D eigenvalue weighted by atomic mass is 32.2. The molecule has 1 aromatic carbocycles. The number of nitrogens with zero attached hydrogens (tertiary/aromatic N) is 2. The first-order chi connectivity index (χ1) is 12.1. The number of sulfone groups is 1. The maximum atomic E-state index is 11.6. The Morgan fingerprint density at radius 2 is 2.04 bits per heavy atom. The molecule has 0 radical (unpaired) electrons. The fraction of sp³-hybridized carbons (Fsp3) is 0.556. The molecule has 0 N–H and O–H groups in total. The second kappa shape index (κ2) is 7.11. The van der Waals surface area contributed by atoms with Crippen LogP contribution in [-0.4, -0.2) is 30.1 Å². The Morgan fingerprint density at radius 1 is 1.16 bits per heavy atom. The fourth-order valence-electron chi connectivity index (χ4n) is 3.77. The van der Waals surface area contributed by atoms with Crippen LogP contribution in [0.4, 0.5) is 0 Å². The lowest BCUT2D eigenvalue weighted by Crippen LogP contribution is -2.07. The van der Waals surface area contributed by atoms with Crippen molar-refractivity contribution in [1.29, 1.82) is 0 Å². The number of aromatic nitrogens is 2. The van der Waals surface area contributed by atoms with Gasteiger partial charge in [-0.15, -0.1) is 10.2 Å². The number of aryl methyl sites for hydroxylation is 1. The third kappa shape index (κ3) is 4.08. The van der Waals surface area contributed by atoms with E-state index in [1.807, 2.05) is 0 Å². The Labute approximate surface area is 152 Å². The molecule has 2 heterocycles. The second-order valence-corrected chi connectivity index (χ2v) is 10.4. The van der Waals surface area contributed by atoms with E-state index in [1.165, 1.54) is 24.0 Å². The molecule has 0 amide bonds. The maximum absolute atomic E-state index is 11.6. The molecule has 1 aliphatic heterocycles. The maximum Gasteiger partial charge on any atom is 0.277 e. The van der Waals surface area contributed by atoms with Gasteiger partial charge in [-0.2, -0.15) is 0 Å². The summed E-state index contributed by atoms with van der Waals surface area (Å²) in [5, 5.41) is 9.27. The topological polar surface area (TPSA) is 73.1 Å². The summed E-state index contributed by atoms with van der Waals surface area (Å²) in [4.78, 5) is 0. The van der Waals surface area contributed by atoms with Crippen molar-refractivity contribution < 1.29 is 12.8 Å². The van der Waals surface area contributed by atoms with Gasteiger partial charge in [0, 0.05) is 11.7 Å². The van der Waals surface area contributed by atoms with Crippen LogP contribution in [0.3, 0.4) is 0 Å². The molecule has 2 aromatic rings. The molecule has 5 nitrogen and oxygen atoms in total. The van der Waals surface area contributed by atoms with Crippen molar-refractivity contribution >= 4 is 21.6 Å². The van der Waals surface area contributed by atoms with Crippen LogP contribution in [0, 0.1) is 5.92 Å². The van der Waals surface area contributed by atoms with Crippen LogP contribution in [0.15, 0.2) is 33.9 Å². The lowest BCUT2D eigenvalue weighted by Gasteiger charge is -2.14. The zero-order valence-corrected chi connectivity index (χ0v) is 15.7. The number of hydrogen-bond donors (Lipinski definition) is 0. The van der Waals surface area contributed by atoms with E-state index in [-0.39, 0.29) is 17.4 Å². The predicted octanol–water partition coefficient (Wildman–Crippen LogP) is 3.61. The van der Waals surface area contributed by atoms with Crippen LogP contribution < -0.4 is 0 Å². The highest BCUT2D eigenvalue weighted by Gasteiger charge is 2.29. The Hall–Kier alpha value is -1.34. The minimum Gasteiger partial charge on any atom is -0.416 e. The van der Waals surface area contributed by atoms with E-state index in [4.69, 9.17) is 4.42 Å². The smallest absolute Gasteiger partial charge is 0.277 e. The molecule has 0 unspecified atom stereocenters. The van der Waals surface area contributed by atoms with Crippen LogP contribution in [-0.2, 0) is 22.7 Å². The van der Waals surface area contributed by atoms with Gasteiger partial charge in [-0.1, -0.05) is 42.4 Å². The Morgan fingerprint density at radius 3 is 2.88 bits per heavy atom. The Kier molecular flexibility index (Phi) is 4.86. The van der Waals surface area contributed by atoms with Gasteiger partial charge < -0.3 is 4.42 Å². The number of rotatable bonds is 4. The molecular weight excluding hydrogens is 356 g/mol. The Bertz CT molecular complexity index is 848. The van der Waals surface area contributed by atoms with Gasteiger partial charge in [0.1, 0.15) is 0 Å². The fourth-order valence-corrected chi connectivity index (χ4v) is 6.75. The van der Waals surface area contributed by atoms with E-state index in [9.17, 15) is 8.42 Å². The summed E-state index contributed by atoms with van der Waals surface area (Å²) in [5.74, 6) is 1.20. The minimum atomic E-state index is -2.86. The normalized spacial score (nSPS) is 25.4. The molecule has 2 aliphatic rings. The van der Waals surface area contributed by atoms with Gasteiger partial charge in [-0.25, -0.2) is 8.42 Å². The lowest BCUT2D eigenvalue weighted by molar-refractivity contribution is 0.388. The zero-order valence-electron chi connectivity index (χ0n) is 14.1. The van der Waals surface area contributed by atoms with Gasteiger partial charge in [-0.05, 0) is 42.7 Å². The quantitative estimate of drug-likeness (QED) is 0.757. The second-order valence-electron chi connectivity index (χ2n) is 6.99. The number of fused-ring (bicyclic) bond motifs is 1.